The van der Waals surface area contributed by atoms with Crippen molar-refractivity contribution >= 4 is 0 Å². The Kier molecular flexibility index (Phi) is 6.09. The quantitative estimate of drug-likeness (QED) is 0.811. The molecule has 0 bridgehead atoms. The predicted octanol–water partition coefficient (Wildman–Crippen LogP) is 2.04. The molecule has 0 aliphatic carbocycles. The van der Waals surface area contributed by atoms with E-state index in [0.29, 0.717) is 11.6 Å². The molecule has 1 aliphatic heterocycles. The van der Waals surface area contributed by atoms with Crippen LogP contribution in [0.4, 0.5) is 0 Å². The van der Waals surface area contributed by atoms with Crippen molar-refractivity contribution in [2.24, 2.45) is 5.92 Å². The molecule has 0 aromatic carbocycles. The van der Waals surface area contributed by atoms with E-state index < -0.39 is 0 Å². The molecule has 0 aromatic heterocycles. The van der Waals surface area contributed by atoms with Crippen LogP contribution in [0.1, 0.15) is 41.5 Å². The lowest BCUT2D eigenvalue weighted by Crippen LogP contribution is -2.54. The van der Waals surface area contributed by atoms with Crippen molar-refractivity contribution in [2.45, 2.75) is 53.1 Å². The van der Waals surface area contributed by atoms with Crippen LogP contribution in [-0.2, 0) is 0 Å². The van der Waals surface area contributed by atoms with Crippen LogP contribution in [0.5, 0.6) is 0 Å². The molecular weight excluding hydrogens is 222 g/mol. The number of nitrogens with one attached hydrogen (secondary N) is 1. The Morgan fingerprint density at radius 3 is 2.00 bits per heavy atom. The Bertz CT molecular complexity index is 224. The van der Waals surface area contributed by atoms with Gasteiger partial charge >= 0.3 is 0 Å². The highest BCUT2D eigenvalue weighted by Gasteiger charge is 2.25. The predicted molar refractivity (Wildman–Crippen MR) is 80.1 cm³/mol. The molecule has 1 N–H and O–H groups in total. The van der Waals surface area contributed by atoms with Gasteiger partial charge in [-0.3, -0.25) is 9.80 Å². The van der Waals surface area contributed by atoms with Crippen LogP contribution in [0.25, 0.3) is 0 Å². The normalized spacial score (nSPS) is 21.5. The van der Waals surface area contributed by atoms with Crippen molar-refractivity contribution in [3.05, 3.63) is 0 Å². The SMILES string of the molecule is CC(C)C(C)NCCN1CCN(C(C)(C)C)CC1. The van der Waals surface area contributed by atoms with Crippen molar-refractivity contribution < 1.29 is 0 Å². The summed E-state index contributed by atoms with van der Waals surface area (Å²) in [4.78, 5) is 5.18. The molecule has 3 heteroatoms. The maximum atomic E-state index is 3.62. The lowest BCUT2D eigenvalue weighted by Gasteiger charge is -2.42. The summed E-state index contributed by atoms with van der Waals surface area (Å²) in [6.45, 7) is 20.9. The van der Waals surface area contributed by atoms with E-state index in [1.807, 2.05) is 0 Å². The first kappa shape index (κ1) is 15.9. The third-order valence-electron chi connectivity index (χ3n) is 4.22. The van der Waals surface area contributed by atoms with Gasteiger partial charge in [0.1, 0.15) is 0 Å². The topological polar surface area (TPSA) is 18.5 Å². The average molecular weight is 255 g/mol. The van der Waals surface area contributed by atoms with Crippen LogP contribution in [0, 0.1) is 5.92 Å². The summed E-state index contributed by atoms with van der Waals surface area (Å²) >= 11 is 0. The number of piperazine rings is 1. The molecule has 1 saturated heterocycles. The fourth-order valence-corrected chi connectivity index (χ4v) is 2.33. The fourth-order valence-electron chi connectivity index (χ4n) is 2.33. The highest BCUT2D eigenvalue weighted by Crippen LogP contribution is 2.15. The summed E-state index contributed by atoms with van der Waals surface area (Å²) < 4.78 is 0. The van der Waals surface area contributed by atoms with Crippen LogP contribution in [0.3, 0.4) is 0 Å². The molecule has 108 valence electrons. The second-order valence-corrected chi connectivity index (χ2v) is 6.99. The summed E-state index contributed by atoms with van der Waals surface area (Å²) in [6.07, 6.45) is 0. The first-order valence-corrected chi connectivity index (χ1v) is 7.51. The molecule has 1 atom stereocenters. The van der Waals surface area contributed by atoms with Crippen molar-refractivity contribution in [2.75, 3.05) is 39.3 Å². The summed E-state index contributed by atoms with van der Waals surface area (Å²) in [5.41, 5.74) is 0.330. The molecule has 18 heavy (non-hydrogen) atoms. The van der Waals surface area contributed by atoms with Crippen LogP contribution < -0.4 is 5.32 Å². The number of hydrogen-bond donors (Lipinski definition) is 1. The lowest BCUT2D eigenvalue weighted by atomic mass is 10.0. The van der Waals surface area contributed by atoms with Gasteiger partial charge in [-0.15, -0.1) is 0 Å². The van der Waals surface area contributed by atoms with E-state index in [-0.39, 0.29) is 0 Å². The van der Waals surface area contributed by atoms with Crippen LogP contribution >= 0.6 is 0 Å². The van der Waals surface area contributed by atoms with E-state index in [9.17, 15) is 0 Å². The minimum atomic E-state index is 0.330. The zero-order chi connectivity index (χ0) is 13.8. The molecule has 0 aromatic rings. The Balaban J connectivity index is 2.16. The summed E-state index contributed by atoms with van der Waals surface area (Å²) in [5.74, 6) is 0.725. The van der Waals surface area contributed by atoms with E-state index in [1.165, 1.54) is 32.7 Å². The van der Waals surface area contributed by atoms with Gasteiger partial charge in [-0.05, 0) is 33.6 Å². The Morgan fingerprint density at radius 2 is 1.56 bits per heavy atom. The van der Waals surface area contributed by atoms with Gasteiger partial charge in [0.2, 0.25) is 0 Å². The molecular formula is C15H33N3. The third-order valence-corrected chi connectivity index (χ3v) is 4.22. The minimum absolute atomic E-state index is 0.330. The molecule has 0 spiro atoms. The molecule has 1 fully saturated rings. The number of rotatable bonds is 5. The molecule has 3 nitrogen and oxygen atoms in total. The molecule has 1 heterocycles. The van der Waals surface area contributed by atoms with Crippen LogP contribution in [0.2, 0.25) is 0 Å². The van der Waals surface area contributed by atoms with Gasteiger partial charge in [0, 0.05) is 50.8 Å². The monoisotopic (exact) mass is 255 g/mol. The van der Waals surface area contributed by atoms with E-state index >= 15 is 0 Å². The molecule has 0 amide bonds. The van der Waals surface area contributed by atoms with Crippen LogP contribution in [-0.4, -0.2) is 60.6 Å². The summed E-state index contributed by atoms with van der Waals surface area (Å²) in [5, 5.41) is 3.62. The van der Waals surface area contributed by atoms with Gasteiger partial charge in [0.05, 0.1) is 0 Å². The van der Waals surface area contributed by atoms with Gasteiger partial charge in [-0.25, -0.2) is 0 Å². The maximum absolute atomic E-state index is 3.62. The Hall–Kier alpha value is -0.120. The Labute approximate surface area is 114 Å². The standard InChI is InChI=1S/C15H33N3/c1-13(2)14(3)16-7-8-17-9-11-18(12-10-17)15(4,5)6/h13-14,16H,7-12H2,1-6H3. The van der Waals surface area contributed by atoms with Crippen LogP contribution in [0.15, 0.2) is 0 Å². The van der Waals surface area contributed by atoms with Gasteiger partial charge in [0.25, 0.3) is 0 Å². The van der Waals surface area contributed by atoms with Gasteiger partial charge in [0.15, 0.2) is 0 Å². The summed E-state index contributed by atoms with van der Waals surface area (Å²) in [6, 6.07) is 0.626. The molecule has 0 saturated carbocycles. The van der Waals surface area contributed by atoms with Gasteiger partial charge < -0.3 is 5.32 Å². The number of hydrogen-bond acceptors (Lipinski definition) is 3. The molecule has 1 unspecified atom stereocenters. The fraction of sp³-hybridized carbons (Fsp3) is 1.00. The average Bonchev–Trinajstić information content (AvgIpc) is 2.28. The first-order chi connectivity index (χ1) is 8.30. The van der Waals surface area contributed by atoms with E-state index in [1.54, 1.807) is 0 Å². The largest absolute Gasteiger partial charge is 0.313 e. The van der Waals surface area contributed by atoms with Gasteiger partial charge in [-0.1, -0.05) is 13.8 Å². The smallest absolute Gasteiger partial charge is 0.0126 e. The third kappa shape index (κ3) is 5.25. The lowest BCUT2D eigenvalue weighted by molar-refractivity contribution is 0.0624. The van der Waals surface area contributed by atoms with E-state index in [4.69, 9.17) is 0 Å². The van der Waals surface area contributed by atoms with Crippen molar-refractivity contribution in [1.82, 2.24) is 15.1 Å². The van der Waals surface area contributed by atoms with Crippen molar-refractivity contribution in [3.63, 3.8) is 0 Å². The van der Waals surface area contributed by atoms with E-state index in [2.05, 4.69) is 56.7 Å². The molecule has 1 rings (SSSR count). The highest BCUT2D eigenvalue weighted by molar-refractivity contribution is 4.82. The zero-order valence-corrected chi connectivity index (χ0v) is 13.3. The van der Waals surface area contributed by atoms with Gasteiger partial charge in [-0.2, -0.15) is 0 Å². The first-order valence-electron chi connectivity index (χ1n) is 7.51. The van der Waals surface area contributed by atoms with Crippen molar-refractivity contribution in [1.29, 1.82) is 0 Å². The number of nitrogens with zero attached hydrogens (tertiary/aromatic N) is 2. The van der Waals surface area contributed by atoms with E-state index in [0.717, 1.165) is 12.5 Å². The maximum Gasteiger partial charge on any atom is 0.0126 e. The molecule has 1 aliphatic rings. The highest BCUT2D eigenvalue weighted by atomic mass is 15.3. The zero-order valence-electron chi connectivity index (χ0n) is 13.3. The molecule has 0 radical (unpaired) electrons. The second kappa shape index (κ2) is 6.88. The second-order valence-electron chi connectivity index (χ2n) is 6.99. The Morgan fingerprint density at radius 1 is 1.00 bits per heavy atom. The summed E-state index contributed by atoms with van der Waals surface area (Å²) in [7, 11) is 0. The minimum Gasteiger partial charge on any atom is -0.313 e. The van der Waals surface area contributed by atoms with Crippen molar-refractivity contribution in [3.8, 4) is 0 Å².